The molecule has 0 saturated carbocycles. The van der Waals surface area contributed by atoms with Crippen molar-refractivity contribution in [1.82, 2.24) is 25.1 Å². The summed E-state index contributed by atoms with van der Waals surface area (Å²) < 4.78 is 7.93. The van der Waals surface area contributed by atoms with E-state index in [2.05, 4.69) is 59.3 Å². The zero-order valence-electron chi connectivity index (χ0n) is 20.7. The molecule has 2 atom stereocenters. The summed E-state index contributed by atoms with van der Waals surface area (Å²) in [6.07, 6.45) is 5.13. The molecule has 3 aromatic rings. The summed E-state index contributed by atoms with van der Waals surface area (Å²) >= 11 is 0. The van der Waals surface area contributed by atoms with Crippen molar-refractivity contribution in [2.45, 2.75) is 38.7 Å². The van der Waals surface area contributed by atoms with Crippen LogP contribution >= 0.6 is 0 Å². The lowest BCUT2D eigenvalue weighted by Crippen LogP contribution is -2.70. The molecule has 180 valence electrons. The van der Waals surface area contributed by atoms with Gasteiger partial charge in [-0.2, -0.15) is 5.10 Å². The molecule has 0 aromatic carbocycles. The van der Waals surface area contributed by atoms with Crippen molar-refractivity contribution < 1.29 is 4.74 Å². The van der Waals surface area contributed by atoms with Crippen molar-refractivity contribution in [3.8, 4) is 0 Å². The van der Waals surface area contributed by atoms with Crippen molar-refractivity contribution in [2.75, 3.05) is 55.7 Å². The molecule has 8 nitrogen and oxygen atoms in total. The fraction of sp³-hybridized carbons (Fsp3) is 0.577. The third-order valence-corrected chi connectivity index (χ3v) is 7.97. The van der Waals surface area contributed by atoms with E-state index in [0.717, 1.165) is 69.0 Å². The topological polar surface area (TPSA) is 71.3 Å². The number of pyridine rings is 2. The van der Waals surface area contributed by atoms with Gasteiger partial charge in [-0.1, -0.05) is 6.92 Å². The SMILES string of the molecule is Cc1cc(N2CC[C@@H](c3ncc(N4CC5(CNCCO5)C4)cc3C)[C@H](C)C2)c2cnn(C)c2n1. The maximum absolute atomic E-state index is 6.06. The Balaban J connectivity index is 1.17. The van der Waals surface area contributed by atoms with Crippen LogP contribution in [0.1, 0.15) is 36.2 Å². The molecule has 3 aliphatic heterocycles. The molecular weight excluding hydrogens is 426 g/mol. The van der Waals surface area contributed by atoms with E-state index in [-0.39, 0.29) is 5.60 Å². The number of piperidine rings is 1. The van der Waals surface area contributed by atoms with E-state index in [9.17, 15) is 0 Å². The fourth-order valence-corrected chi connectivity index (χ4v) is 6.13. The minimum absolute atomic E-state index is 0.00280. The van der Waals surface area contributed by atoms with E-state index in [4.69, 9.17) is 14.7 Å². The lowest BCUT2D eigenvalue weighted by atomic mass is 9.82. The van der Waals surface area contributed by atoms with Gasteiger partial charge in [-0.25, -0.2) is 4.98 Å². The largest absolute Gasteiger partial charge is 0.371 e. The minimum Gasteiger partial charge on any atom is -0.371 e. The van der Waals surface area contributed by atoms with Gasteiger partial charge in [-0.15, -0.1) is 0 Å². The highest BCUT2D eigenvalue weighted by Gasteiger charge is 2.45. The number of fused-ring (bicyclic) bond motifs is 1. The van der Waals surface area contributed by atoms with Crippen molar-refractivity contribution in [1.29, 1.82) is 0 Å². The van der Waals surface area contributed by atoms with Gasteiger partial charge in [0.05, 0.1) is 48.9 Å². The van der Waals surface area contributed by atoms with Crippen molar-refractivity contribution in [3.05, 3.63) is 41.5 Å². The Labute approximate surface area is 201 Å². The number of rotatable bonds is 3. The van der Waals surface area contributed by atoms with E-state index in [1.807, 2.05) is 17.9 Å². The Bertz CT molecular complexity index is 1210. The zero-order valence-corrected chi connectivity index (χ0v) is 20.7. The summed E-state index contributed by atoms with van der Waals surface area (Å²) in [6.45, 7) is 13.3. The van der Waals surface area contributed by atoms with Crippen LogP contribution in [0.3, 0.4) is 0 Å². The molecule has 0 amide bonds. The predicted octanol–water partition coefficient (Wildman–Crippen LogP) is 2.79. The van der Waals surface area contributed by atoms with Crippen LogP contribution in [0.5, 0.6) is 0 Å². The molecule has 0 bridgehead atoms. The smallest absolute Gasteiger partial charge is 0.159 e. The monoisotopic (exact) mass is 461 g/mol. The molecule has 8 heteroatoms. The number of ether oxygens (including phenoxy) is 1. The standard InChI is InChI=1S/C26H35N7O/c1-17-9-20(33-15-26(16-33)14-27-6-8-34-26)11-28-24(17)21-5-7-32(13-18(21)2)23-10-19(3)30-25-22(23)12-29-31(25)4/h9-12,18,21,27H,5-8,13-16H2,1-4H3/t18-,21-/m1/s1. The molecule has 6 rings (SSSR count). The van der Waals surface area contributed by atoms with Gasteiger partial charge in [0.25, 0.3) is 0 Å². The first-order valence-corrected chi connectivity index (χ1v) is 12.5. The van der Waals surface area contributed by atoms with Crippen LogP contribution in [0.4, 0.5) is 11.4 Å². The molecule has 1 spiro atoms. The zero-order chi connectivity index (χ0) is 23.4. The van der Waals surface area contributed by atoms with Crippen molar-refractivity contribution >= 4 is 22.4 Å². The molecule has 34 heavy (non-hydrogen) atoms. The molecule has 3 fully saturated rings. The number of nitrogens with one attached hydrogen (secondary N) is 1. The highest BCUT2D eigenvalue weighted by Crippen LogP contribution is 2.39. The van der Waals surface area contributed by atoms with Gasteiger partial charge < -0.3 is 19.9 Å². The van der Waals surface area contributed by atoms with Crippen LogP contribution in [0.2, 0.25) is 0 Å². The number of aryl methyl sites for hydroxylation is 3. The second kappa shape index (κ2) is 8.20. The quantitative estimate of drug-likeness (QED) is 0.643. The lowest BCUT2D eigenvalue weighted by molar-refractivity contribution is -0.0828. The van der Waals surface area contributed by atoms with E-state index >= 15 is 0 Å². The number of morpholine rings is 1. The highest BCUT2D eigenvalue weighted by molar-refractivity contribution is 5.89. The molecule has 3 saturated heterocycles. The third-order valence-electron chi connectivity index (χ3n) is 7.97. The minimum atomic E-state index is -0.00280. The number of nitrogens with zero attached hydrogens (tertiary/aromatic N) is 6. The fourth-order valence-electron chi connectivity index (χ4n) is 6.13. The number of hydrogen-bond acceptors (Lipinski definition) is 7. The Morgan fingerprint density at radius 2 is 2.00 bits per heavy atom. The Morgan fingerprint density at radius 1 is 1.15 bits per heavy atom. The van der Waals surface area contributed by atoms with Crippen LogP contribution in [0, 0.1) is 19.8 Å². The molecule has 1 N–H and O–H groups in total. The predicted molar refractivity (Wildman–Crippen MR) is 135 cm³/mol. The highest BCUT2D eigenvalue weighted by atomic mass is 16.5. The number of aromatic nitrogens is 4. The van der Waals surface area contributed by atoms with Gasteiger partial charge in [0.15, 0.2) is 5.65 Å². The second-order valence-corrected chi connectivity index (χ2v) is 10.6. The molecule has 0 aliphatic carbocycles. The normalized spacial score (nSPS) is 24.6. The van der Waals surface area contributed by atoms with E-state index in [0.29, 0.717) is 11.8 Å². The summed E-state index contributed by atoms with van der Waals surface area (Å²) in [7, 11) is 1.96. The van der Waals surface area contributed by atoms with Crippen molar-refractivity contribution in [2.24, 2.45) is 13.0 Å². The van der Waals surface area contributed by atoms with E-state index in [1.54, 1.807) is 0 Å². The van der Waals surface area contributed by atoms with E-state index in [1.165, 1.54) is 22.6 Å². The lowest BCUT2D eigenvalue weighted by Gasteiger charge is -2.52. The molecular formula is C26H35N7O. The van der Waals surface area contributed by atoms with Gasteiger partial charge in [0, 0.05) is 50.5 Å². The first-order valence-electron chi connectivity index (χ1n) is 12.5. The van der Waals surface area contributed by atoms with E-state index < -0.39 is 0 Å². The van der Waals surface area contributed by atoms with Crippen LogP contribution in [0.25, 0.3) is 11.0 Å². The van der Waals surface area contributed by atoms with Crippen molar-refractivity contribution in [3.63, 3.8) is 0 Å². The molecule has 3 aromatic heterocycles. The first-order chi connectivity index (χ1) is 16.4. The number of anilines is 2. The van der Waals surface area contributed by atoms with Gasteiger partial charge >= 0.3 is 0 Å². The van der Waals surface area contributed by atoms with Crippen LogP contribution in [0.15, 0.2) is 24.5 Å². The van der Waals surface area contributed by atoms with Crippen LogP contribution in [-0.2, 0) is 11.8 Å². The summed E-state index contributed by atoms with van der Waals surface area (Å²) in [5.41, 5.74) is 7.04. The van der Waals surface area contributed by atoms with Crippen LogP contribution in [-0.4, -0.2) is 71.2 Å². The number of hydrogen-bond donors (Lipinski definition) is 1. The first kappa shape index (κ1) is 21.8. The summed E-state index contributed by atoms with van der Waals surface area (Å²) in [5.74, 6) is 0.992. The summed E-state index contributed by atoms with van der Waals surface area (Å²) in [5, 5.41) is 9.06. The summed E-state index contributed by atoms with van der Waals surface area (Å²) in [6, 6.07) is 4.54. The van der Waals surface area contributed by atoms with Crippen LogP contribution < -0.4 is 15.1 Å². The molecule has 0 radical (unpaired) electrons. The van der Waals surface area contributed by atoms with Gasteiger partial charge in [0.2, 0.25) is 0 Å². The Kier molecular flexibility index (Phi) is 5.26. The second-order valence-electron chi connectivity index (χ2n) is 10.6. The maximum Gasteiger partial charge on any atom is 0.159 e. The van der Waals surface area contributed by atoms with Gasteiger partial charge in [-0.3, -0.25) is 9.67 Å². The molecule has 6 heterocycles. The molecule has 3 aliphatic rings. The average molecular weight is 462 g/mol. The van der Waals surface area contributed by atoms with Gasteiger partial charge in [0.1, 0.15) is 5.60 Å². The Hall–Kier alpha value is -2.71. The maximum atomic E-state index is 6.06. The Morgan fingerprint density at radius 3 is 2.74 bits per heavy atom. The third kappa shape index (κ3) is 3.64. The molecule has 0 unspecified atom stereocenters. The van der Waals surface area contributed by atoms with Gasteiger partial charge in [-0.05, 0) is 43.9 Å². The summed E-state index contributed by atoms with van der Waals surface area (Å²) in [4.78, 5) is 14.6. The average Bonchev–Trinajstić information content (AvgIpc) is 3.18.